The minimum absolute atomic E-state index is 0.0285. The first kappa shape index (κ1) is 11.5. The molecule has 1 aliphatic rings. The molecule has 88 valence electrons. The van der Waals surface area contributed by atoms with Gasteiger partial charge in [-0.15, -0.1) is 0 Å². The number of aromatic hydroxyl groups is 1. The predicted molar refractivity (Wildman–Crippen MR) is 66.6 cm³/mol. The second-order valence-electron chi connectivity index (χ2n) is 5.34. The lowest BCUT2D eigenvalue weighted by molar-refractivity contribution is 0.451. The van der Waals surface area contributed by atoms with E-state index in [0.717, 1.165) is 30.4 Å². The zero-order valence-electron chi connectivity index (χ0n) is 10.4. The van der Waals surface area contributed by atoms with E-state index in [0.29, 0.717) is 11.7 Å². The molecule has 16 heavy (non-hydrogen) atoms. The van der Waals surface area contributed by atoms with Gasteiger partial charge in [0.15, 0.2) is 0 Å². The standard InChI is InChI=1S/C14H21NO/c1-8(2)6-10-7-9(3)11-4-5-12(15)13(11)14(10)16/h7-8,12,16H,4-6,15H2,1-3H3/t12-/m1/s1. The Morgan fingerprint density at radius 2 is 2.19 bits per heavy atom. The van der Waals surface area contributed by atoms with Crippen molar-refractivity contribution in [2.45, 2.75) is 46.1 Å². The number of hydrogen-bond donors (Lipinski definition) is 2. The van der Waals surface area contributed by atoms with Gasteiger partial charge in [-0.3, -0.25) is 0 Å². The van der Waals surface area contributed by atoms with Crippen molar-refractivity contribution < 1.29 is 5.11 Å². The number of rotatable bonds is 2. The summed E-state index contributed by atoms with van der Waals surface area (Å²) >= 11 is 0. The molecule has 0 radical (unpaired) electrons. The molecule has 0 heterocycles. The van der Waals surface area contributed by atoms with Gasteiger partial charge in [0.05, 0.1) is 0 Å². The highest BCUT2D eigenvalue weighted by Crippen LogP contribution is 2.40. The first-order valence-electron chi connectivity index (χ1n) is 6.10. The topological polar surface area (TPSA) is 46.2 Å². The van der Waals surface area contributed by atoms with Crippen LogP contribution in [0, 0.1) is 12.8 Å². The normalized spacial score (nSPS) is 19.2. The van der Waals surface area contributed by atoms with Crippen LogP contribution in [0.15, 0.2) is 6.07 Å². The Kier molecular flexibility index (Phi) is 2.94. The van der Waals surface area contributed by atoms with E-state index in [1.54, 1.807) is 0 Å². The van der Waals surface area contributed by atoms with E-state index in [-0.39, 0.29) is 6.04 Å². The molecule has 0 unspecified atom stereocenters. The summed E-state index contributed by atoms with van der Waals surface area (Å²) in [6.07, 6.45) is 2.90. The van der Waals surface area contributed by atoms with Crippen molar-refractivity contribution in [1.82, 2.24) is 0 Å². The van der Waals surface area contributed by atoms with Gasteiger partial charge < -0.3 is 10.8 Å². The molecule has 2 rings (SSSR count). The Balaban J connectivity index is 2.50. The van der Waals surface area contributed by atoms with Crippen LogP contribution in [0.1, 0.15) is 48.6 Å². The molecule has 1 aliphatic carbocycles. The van der Waals surface area contributed by atoms with Gasteiger partial charge in [-0.1, -0.05) is 19.9 Å². The van der Waals surface area contributed by atoms with Gasteiger partial charge in [0.1, 0.15) is 5.75 Å². The van der Waals surface area contributed by atoms with Crippen molar-refractivity contribution in [2.75, 3.05) is 0 Å². The van der Waals surface area contributed by atoms with E-state index >= 15 is 0 Å². The van der Waals surface area contributed by atoms with Crippen molar-refractivity contribution in [2.24, 2.45) is 11.7 Å². The maximum absolute atomic E-state index is 10.3. The fourth-order valence-corrected chi connectivity index (χ4v) is 2.72. The van der Waals surface area contributed by atoms with E-state index in [2.05, 4.69) is 26.8 Å². The van der Waals surface area contributed by atoms with Crippen LogP contribution in [-0.4, -0.2) is 5.11 Å². The van der Waals surface area contributed by atoms with E-state index in [1.807, 2.05) is 0 Å². The van der Waals surface area contributed by atoms with E-state index < -0.39 is 0 Å². The zero-order chi connectivity index (χ0) is 11.9. The summed E-state index contributed by atoms with van der Waals surface area (Å²) in [4.78, 5) is 0. The van der Waals surface area contributed by atoms with Crippen LogP contribution in [0.2, 0.25) is 0 Å². The molecule has 3 N–H and O–H groups in total. The fraction of sp³-hybridized carbons (Fsp3) is 0.571. The Hall–Kier alpha value is -1.02. The number of aryl methyl sites for hydroxylation is 1. The summed E-state index contributed by atoms with van der Waals surface area (Å²) in [5.41, 5.74) is 10.7. The lowest BCUT2D eigenvalue weighted by Gasteiger charge is -2.15. The van der Waals surface area contributed by atoms with Crippen LogP contribution < -0.4 is 5.73 Å². The third kappa shape index (κ3) is 1.82. The second kappa shape index (κ2) is 4.10. The van der Waals surface area contributed by atoms with Crippen molar-refractivity contribution >= 4 is 0 Å². The maximum Gasteiger partial charge on any atom is 0.123 e. The average molecular weight is 219 g/mol. The molecule has 2 heteroatoms. The number of benzene rings is 1. The Bertz CT molecular complexity index is 410. The third-order valence-electron chi connectivity index (χ3n) is 3.46. The SMILES string of the molecule is Cc1cc(CC(C)C)c(O)c2c1CC[C@H]2N. The molecule has 0 aromatic heterocycles. The molecule has 1 aromatic carbocycles. The highest BCUT2D eigenvalue weighted by Gasteiger charge is 2.26. The molecule has 1 aromatic rings. The molecule has 0 saturated heterocycles. The van der Waals surface area contributed by atoms with E-state index in [4.69, 9.17) is 5.73 Å². The smallest absolute Gasteiger partial charge is 0.123 e. The molecule has 0 amide bonds. The van der Waals surface area contributed by atoms with Gasteiger partial charge in [0.2, 0.25) is 0 Å². The Morgan fingerprint density at radius 3 is 2.81 bits per heavy atom. The van der Waals surface area contributed by atoms with Gasteiger partial charge in [0.25, 0.3) is 0 Å². The summed E-state index contributed by atoms with van der Waals surface area (Å²) < 4.78 is 0. The van der Waals surface area contributed by atoms with Crippen LogP contribution >= 0.6 is 0 Å². The molecule has 0 bridgehead atoms. The van der Waals surface area contributed by atoms with Gasteiger partial charge in [-0.2, -0.15) is 0 Å². The van der Waals surface area contributed by atoms with Crippen LogP contribution in [0.4, 0.5) is 0 Å². The van der Waals surface area contributed by atoms with E-state index in [9.17, 15) is 5.11 Å². The highest BCUT2D eigenvalue weighted by molar-refractivity contribution is 5.53. The highest BCUT2D eigenvalue weighted by atomic mass is 16.3. The fourth-order valence-electron chi connectivity index (χ4n) is 2.72. The minimum Gasteiger partial charge on any atom is -0.507 e. The Morgan fingerprint density at radius 1 is 1.50 bits per heavy atom. The minimum atomic E-state index is 0.0285. The number of fused-ring (bicyclic) bond motifs is 1. The molecular formula is C14H21NO. The second-order valence-corrected chi connectivity index (χ2v) is 5.34. The zero-order valence-corrected chi connectivity index (χ0v) is 10.4. The van der Waals surface area contributed by atoms with Crippen molar-refractivity contribution in [1.29, 1.82) is 0 Å². The predicted octanol–water partition coefficient (Wildman–Crippen LogP) is 2.85. The number of hydrogen-bond acceptors (Lipinski definition) is 2. The molecule has 0 spiro atoms. The lowest BCUT2D eigenvalue weighted by Crippen LogP contribution is -2.07. The van der Waals surface area contributed by atoms with Gasteiger partial charge >= 0.3 is 0 Å². The molecule has 0 saturated carbocycles. The van der Waals surface area contributed by atoms with Crippen LogP contribution in [0.25, 0.3) is 0 Å². The molecule has 1 atom stereocenters. The first-order valence-corrected chi connectivity index (χ1v) is 6.10. The van der Waals surface area contributed by atoms with Crippen molar-refractivity contribution in [3.63, 3.8) is 0 Å². The molecule has 2 nitrogen and oxygen atoms in total. The Labute approximate surface area is 97.5 Å². The molecular weight excluding hydrogens is 198 g/mol. The number of nitrogens with two attached hydrogens (primary N) is 1. The van der Waals surface area contributed by atoms with Gasteiger partial charge in [-0.25, -0.2) is 0 Å². The monoisotopic (exact) mass is 219 g/mol. The summed E-state index contributed by atoms with van der Waals surface area (Å²) in [7, 11) is 0. The lowest BCUT2D eigenvalue weighted by atomic mass is 9.93. The summed E-state index contributed by atoms with van der Waals surface area (Å²) in [5, 5.41) is 10.3. The first-order chi connectivity index (χ1) is 7.50. The largest absolute Gasteiger partial charge is 0.507 e. The number of phenols is 1. The summed E-state index contributed by atoms with van der Waals surface area (Å²) in [6.45, 7) is 6.46. The van der Waals surface area contributed by atoms with Gasteiger partial charge in [0, 0.05) is 11.6 Å². The summed E-state index contributed by atoms with van der Waals surface area (Å²) in [6, 6.07) is 2.16. The van der Waals surface area contributed by atoms with Crippen molar-refractivity contribution in [3.05, 3.63) is 28.3 Å². The van der Waals surface area contributed by atoms with Crippen molar-refractivity contribution in [3.8, 4) is 5.75 Å². The average Bonchev–Trinajstić information content (AvgIpc) is 2.56. The van der Waals surface area contributed by atoms with Gasteiger partial charge in [-0.05, 0) is 48.8 Å². The third-order valence-corrected chi connectivity index (χ3v) is 3.46. The van der Waals surface area contributed by atoms with Crippen LogP contribution in [-0.2, 0) is 12.8 Å². The summed E-state index contributed by atoms with van der Waals surface area (Å²) in [5.74, 6) is 1.01. The van der Waals surface area contributed by atoms with Crippen LogP contribution in [0.3, 0.4) is 0 Å². The maximum atomic E-state index is 10.3. The van der Waals surface area contributed by atoms with E-state index in [1.165, 1.54) is 11.1 Å². The molecule has 0 aliphatic heterocycles. The van der Waals surface area contributed by atoms with Crippen LogP contribution in [0.5, 0.6) is 5.75 Å². The number of phenolic OH excluding ortho intramolecular Hbond substituents is 1. The quantitative estimate of drug-likeness (QED) is 0.803. The molecule has 0 fully saturated rings.